The number of nitrogens with zero attached hydrogens (tertiary/aromatic N) is 1. The Morgan fingerprint density at radius 3 is 2.36 bits per heavy atom. The number of hydrogen-bond donors (Lipinski definition) is 3. The average molecular weight is 596 g/mol. The van der Waals surface area contributed by atoms with Crippen LogP contribution < -0.4 is 10.6 Å². The summed E-state index contributed by atoms with van der Waals surface area (Å²) in [7, 11) is -4.17. The van der Waals surface area contributed by atoms with Gasteiger partial charge in [-0.15, -0.1) is 0 Å². The van der Waals surface area contributed by atoms with E-state index in [0.717, 1.165) is 36.3 Å². The zero-order chi connectivity index (χ0) is 29.8. The molecule has 6 rings (SSSR count). The molecule has 0 bridgehead atoms. The molecule has 222 valence electrons. The predicted octanol–water partition coefficient (Wildman–Crippen LogP) is 2.40. The number of aliphatic hydroxyl groups is 1. The molecule has 2 aromatic carbocycles. The molecule has 3 amide bonds. The van der Waals surface area contributed by atoms with Crippen molar-refractivity contribution in [3.05, 3.63) is 70.9 Å². The van der Waals surface area contributed by atoms with Gasteiger partial charge < -0.3 is 20.6 Å². The molecule has 9 nitrogen and oxygen atoms in total. The third kappa shape index (κ3) is 4.72. The number of amides is 3. The monoisotopic (exact) mass is 595 g/mol. The highest BCUT2D eigenvalue weighted by Crippen LogP contribution is 2.50. The van der Waals surface area contributed by atoms with Gasteiger partial charge in [0.1, 0.15) is 6.04 Å². The van der Waals surface area contributed by atoms with Crippen molar-refractivity contribution < 1.29 is 32.3 Å². The van der Waals surface area contributed by atoms with E-state index in [9.17, 15) is 32.3 Å². The Hall–Kier alpha value is -3.57. The quantitative estimate of drug-likeness (QED) is 0.451. The number of sulfone groups is 1. The molecule has 2 aromatic rings. The maximum absolute atomic E-state index is 14.6. The lowest BCUT2D eigenvalue weighted by Crippen LogP contribution is -2.55. The molecule has 2 heterocycles. The second kappa shape index (κ2) is 10.6. The first-order chi connectivity index (χ1) is 20.0. The van der Waals surface area contributed by atoms with Crippen molar-refractivity contribution >= 4 is 27.6 Å². The lowest BCUT2D eigenvalue weighted by atomic mass is 9.88. The fraction of sp³-hybridized carbons (Fsp3) is 0.452. The van der Waals surface area contributed by atoms with E-state index in [4.69, 9.17) is 0 Å². The van der Waals surface area contributed by atoms with Crippen LogP contribution in [0, 0.1) is 17.8 Å². The van der Waals surface area contributed by atoms with Crippen molar-refractivity contribution in [2.24, 2.45) is 17.8 Å². The summed E-state index contributed by atoms with van der Waals surface area (Å²) in [6.07, 6.45) is 4.50. The predicted molar refractivity (Wildman–Crippen MR) is 153 cm³/mol. The molecule has 11 heteroatoms. The molecule has 4 aliphatic rings. The Balaban J connectivity index is 1.34. The second-order valence-electron chi connectivity index (χ2n) is 11.9. The number of likely N-dealkylation sites (tertiary alicyclic amines) is 1. The topological polar surface area (TPSA) is 133 Å². The van der Waals surface area contributed by atoms with Gasteiger partial charge in [-0.25, -0.2) is 8.42 Å². The number of hydrogen-bond acceptors (Lipinski definition) is 6. The van der Waals surface area contributed by atoms with Gasteiger partial charge in [-0.05, 0) is 54.7 Å². The van der Waals surface area contributed by atoms with E-state index in [1.165, 1.54) is 4.90 Å². The standard InChI is InChI=1S/C31H34FN3O6S/c1-42(40,41)26(32)16-20(15-18-13-14-33-28(18)36)34-29(37)27-21-10-6-7-19(21)17-35(27)30(38)31(39)24-11-4-2-8-22(24)23-9-3-5-12-25(23)31/h2-5,8-9,11-12,16,18-21,27,39H,6-7,10,13-15,17H2,1H3,(H,33,36)(H,34,37)/b26-16+/t18-,19+,20+,21+,27-/m1/s1. The number of benzene rings is 2. The first-order valence-electron chi connectivity index (χ1n) is 14.4. The smallest absolute Gasteiger partial charge is 0.264 e. The normalized spacial score (nSPS) is 26.8. The third-order valence-electron chi connectivity index (χ3n) is 9.37. The molecule has 3 fully saturated rings. The summed E-state index contributed by atoms with van der Waals surface area (Å²) in [6.45, 7) is 0.732. The van der Waals surface area contributed by atoms with Crippen LogP contribution in [0.5, 0.6) is 0 Å². The fourth-order valence-electron chi connectivity index (χ4n) is 7.40. The van der Waals surface area contributed by atoms with E-state index < -0.39 is 50.4 Å². The van der Waals surface area contributed by atoms with Crippen LogP contribution in [0.2, 0.25) is 0 Å². The van der Waals surface area contributed by atoms with Crippen molar-refractivity contribution in [2.75, 3.05) is 19.3 Å². The summed E-state index contributed by atoms with van der Waals surface area (Å²) in [5, 5.41) is 16.3. The Labute approximate surface area is 244 Å². The van der Waals surface area contributed by atoms with E-state index in [0.29, 0.717) is 30.5 Å². The van der Waals surface area contributed by atoms with Crippen LogP contribution >= 0.6 is 0 Å². The van der Waals surface area contributed by atoms with Crippen LogP contribution in [-0.4, -0.2) is 67.6 Å². The molecule has 0 unspecified atom stereocenters. The van der Waals surface area contributed by atoms with Gasteiger partial charge in [0.25, 0.3) is 5.91 Å². The van der Waals surface area contributed by atoms with Gasteiger partial charge in [0, 0.05) is 36.4 Å². The second-order valence-corrected chi connectivity index (χ2v) is 13.9. The van der Waals surface area contributed by atoms with E-state index in [-0.39, 0.29) is 30.7 Å². The van der Waals surface area contributed by atoms with Crippen LogP contribution in [0.25, 0.3) is 11.1 Å². The van der Waals surface area contributed by atoms with Crippen molar-refractivity contribution in [2.45, 2.75) is 49.8 Å². The number of nitrogens with one attached hydrogen (secondary N) is 2. The van der Waals surface area contributed by atoms with Gasteiger partial charge in [0.15, 0.2) is 5.60 Å². The summed E-state index contributed by atoms with van der Waals surface area (Å²) in [5.74, 6) is -2.02. The number of carbonyl (C=O) groups is 3. The van der Waals surface area contributed by atoms with Crippen LogP contribution in [0.15, 0.2) is 59.8 Å². The Bertz CT molecular complexity index is 1540. The minimum Gasteiger partial charge on any atom is -0.372 e. The molecule has 0 aromatic heterocycles. The van der Waals surface area contributed by atoms with E-state index in [2.05, 4.69) is 10.6 Å². The van der Waals surface area contributed by atoms with E-state index in [1.807, 2.05) is 24.3 Å². The molecule has 2 saturated heterocycles. The van der Waals surface area contributed by atoms with E-state index in [1.54, 1.807) is 24.3 Å². The van der Waals surface area contributed by atoms with Gasteiger partial charge in [-0.1, -0.05) is 55.0 Å². The number of carbonyl (C=O) groups excluding carboxylic acids is 3. The minimum atomic E-state index is -4.17. The molecular weight excluding hydrogens is 561 g/mol. The molecule has 2 aliphatic heterocycles. The lowest BCUT2D eigenvalue weighted by Gasteiger charge is -2.34. The highest BCUT2D eigenvalue weighted by atomic mass is 32.2. The molecule has 42 heavy (non-hydrogen) atoms. The van der Waals surface area contributed by atoms with Crippen LogP contribution in [-0.2, 0) is 29.8 Å². The van der Waals surface area contributed by atoms with Crippen molar-refractivity contribution in [1.29, 1.82) is 0 Å². The molecule has 0 spiro atoms. The van der Waals surface area contributed by atoms with Crippen molar-refractivity contribution in [1.82, 2.24) is 15.5 Å². The first kappa shape index (κ1) is 28.5. The summed E-state index contributed by atoms with van der Waals surface area (Å²) < 4.78 is 38.4. The molecule has 5 atom stereocenters. The zero-order valence-corrected chi connectivity index (χ0v) is 24.1. The lowest BCUT2D eigenvalue weighted by molar-refractivity contribution is -0.152. The number of rotatable bonds is 7. The molecular formula is C31H34FN3O6S. The third-order valence-corrected chi connectivity index (χ3v) is 10.2. The average Bonchev–Trinajstić information content (AvgIpc) is 3.72. The first-order valence-corrected chi connectivity index (χ1v) is 16.3. The number of fused-ring (bicyclic) bond motifs is 4. The molecule has 2 aliphatic carbocycles. The van der Waals surface area contributed by atoms with Gasteiger partial charge in [-0.2, -0.15) is 4.39 Å². The highest BCUT2D eigenvalue weighted by Gasteiger charge is 2.56. The fourth-order valence-corrected chi connectivity index (χ4v) is 7.81. The van der Waals surface area contributed by atoms with Crippen molar-refractivity contribution in [3.8, 4) is 11.1 Å². The van der Waals surface area contributed by atoms with Crippen molar-refractivity contribution in [3.63, 3.8) is 0 Å². The van der Waals surface area contributed by atoms with Gasteiger partial charge in [0.2, 0.25) is 26.8 Å². The maximum atomic E-state index is 14.6. The van der Waals surface area contributed by atoms with E-state index >= 15 is 0 Å². The zero-order valence-electron chi connectivity index (χ0n) is 23.3. The minimum absolute atomic E-state index is 0.0139. The van der Waals surface area contributed by atoms with Crippen LogP contribution in [0.3, 0.4) is 0 Å². The maximum Gasteiger partial charge on any atom is 0.264 e. The molecule has 1 saturated carbocycles. The van der Waals surface area contributed by atoms with Gasteiger partial charge in [-0.3, -0.25) is 14.4 Å². The van der Waals surface area contributed by atoms with Crippen LogP contribution in [0.1, 0.15) is 43.2 Å². The van der Waals surface area contributed by atoms with Gasteiger partial charge >= 0.3 is 0 Å². The summed E-state index contributed by atoms with van der Waals surface area (Å²) in [4.78, 5) is 42.2. The highest BCUT2D eigenvalue weighted by molar-refractivity contribution is 7.94. The summed E-state index contributed by atoms with van der Waals surface area (Å²) in [6, 6.07) is 12.3. The Morgan fingerprint density at radius 2 is 1.76 bits per heavy atom. The SMILES string of the molecule is CS(=O)(=O)/C(F)=C/[C@H](C[C@H]1CCNC1=O)NC(=O)[C@H]1[C@H]2CCC[C@H]2CN1C(=O)C1(O)c2ccccc2-c2ccccc21. The molecule has 0 radical (unpaired) electrons. The summed E-state index contributed by atoms with van der Waals surface area (Å²) >= 11 is 0. The summed E-state index contributed by atoms with van der Waals surface area (Å²) in [5.41, 5.74) is 0.418. The van der Waals surface area contributed by atoms with Crippen LogP contribution in [0.4, 0.5) is 4.39 Å². The Morgan fingerprint density at radius 1 is 1.12 bits per heavy atom. The number of halogens is 1. The Kier molecular flexibility index (Phi) is 7.21. The van der Waals surface area contributed by atoms with Gasteiger partial charge in [0.05, 0.1) is 6.04 Å². The molecule has 3 N–H and O–H groups in total. The largest absolute Gasteiger partial charge is 0.372 e.